The van der Waals surface area contributed by atoms with E-state index in [1.165, 1.54) is 6.20 Å². The number of nitrogens with one attached hydrogen (secondary N) is 2. The Bertz CT molecular complexity index is 621. The standard InChI is InChI=1S/C13H15N5O2/c1-9-10(8-18(2)17-9)6-15-12(19)13(20)16-11-4-3-5-14-7-11/h3-5,7-8H,6H2,1-2H3,(H,15,19)(H,16,20). The first-order valence-electron chi connectivity index (χ1n) is 6.04. The Morgan fingerprint density at radius 3 is 2.75 bits per heavy atom. The highest BCUT2D eigenvalue weighted by Crippen LogP contribution is 2.04. The SMILES string of the molecule is Cc1nn(C)cc1CNC(=O)C(=O)Nc1cccnc1. The average Bonchev–Trinajstić information content (AvgIpc) is 2.75. The van der Waals surface area contributed by atoms with Crippen LogP contribution in [0.25, 0.3) is 0 Å². The van der Waals surface area contributed by atoms with Gasteiger partial charge >= 0.3 is 11.8 Å². The summed E-state index contributed by atoms with van der Waals surface area (Å²) in [5, 5.41) is 9.17. The van der Waals surface area contributed by atoms with Crippen LogP contribution in [-0.4, -0.2) is 26.6 Å². The van der Waals surface area contributed by atoms with Gasteiger partial charge in [0.1, 0.15) is 0 Å². The van der Waals surface area contributed by atoms with Crippen molar-refractivity contribution in [3.05, 3.63) is 42.0 Å². The van der Waals surface area contributed by atoms with E-state index in [1.807, 2.05) is 6.92 Å². The number of carbonyl (C=O) groups is 2. The molecule has 0 saturated carbocycles. The summed E-state index contributed by atoms with van der Waals surface area (Å²) in [7, 11) is 1.80. The third-order valence-corrected chi connectivity index (χ3v) is 2.68. The average molecular weight is 273 g/mol. The van der Waals surface area contributed by atoms with Gasteiger partial charge in [-0.25, -0.2) is 0 Å². The summed E-state index contributed by atoms with van der Waals surface area (Å²) in [6.45, 7) is 2.11. The molecule has 0 aliphatic rings. The molecular formula is C13H15N5O2. The van der Waals surface area contributed by atoms with Crippen molar-refractivity contribution in [3.63, 3.8) is 0 Å². The van der Waals surface area contributed by atoms with Crippen LogP contribution in [0.1, 0.15) is 11.3 Å². The van der Waals surface area contributed by atoms with Crippen LogP contribution in [0.15, 0.2) is 30.7 Å². The van der Waals surface area contributed by atoms with Gasteiger partial charge < -0.3 is 10.6 Å². The van der Waals surface area contributed by atoms with E-state index < -0.39 is 11.8 Å². The number of carbonyl (C=O) groups excluding carboxylic acids is 2. The quantitative estimate of drug-likeness (QED) is 0.791. The molecule has 2 heterocycles. The minimum absolute atomic E-state index is 0.263. The predicted molar refractivity (Wildman–Crippen MR) is 72.7 cm³/mol. The monoisotopic (exact) mass is 273 g/mol. The van der Waals surface area contributed by atoms with E-state index in [-0.39, 0.29) is 6.54 Å². The third kappa shape index (κ3) is 3.41. The molecule has 7 nitrogen and oxygen atoms in total. The second-order valence-electron chi connectivity index (χ2n) is 4.29. The van der Waals surface area contributed by atoms with Gasteiger partial charge in [-0.3, -0.25) is 19.3 Å². The van der Waals surface area contributed by atoms with Crippen molar-refractivity contribution in [2.75, 3.05) is 5.32 Å². The molecule has 0 spiro atoms. The Morgan fingerprint density at radius 2 is 2.15 bits per heavy atom. The maximum absolute atomic E-state index is 11.7. The van der Waals surface area contributed by atoms with Crippen LogP contribution in [-0.2, 0) is 23.2 Å². The molecule has 0 aliphatic heterocycles. The maximum Gasteiger partial charge on any atom is 0.313 e. The van der Waals surface area contributed by atoms with Gasteiger partial charge in [-0.15, -0.1) is 0 Å². The summed E-state index contributed by atoms with van der Waals surface area (Å²) in [4.78, 5) is 27.2. The molecule has 104 valence electrons. The van der Waals surface area contributed by atoms with Crippen LogP contribution >= 0.6 is 0 Å². The minimum Gasteiger partial charge on any atom is -0.344 e. The van der Waals surface area contributed by atoms with Gasteiger partial charge in [-0.2, -0.15) is 5.10 Å². The lowest BCUT2D eigenvalue weighted by molar-refractivity contribution is -0.136. The largest absolute Gasteiger partial charge is 0.344 e. The summed E-state index contributed by atoms with van der Waals surface area (Å²) < 4.78 is 1.66. The van der Waals surface area contributed by atoms with Crippen LogP contribution < -0.4 is 10.6 Å². The third-order valence-electron chi connectivity index (χ3n) is 2.68. The normalized spacial score (nSPS) is 10.1. The molecule has 2 N–H and O–H groups in total. The predicted octanol–water partition coefficient (Wildman–Crippen LogP) is 0.378. The van der Waals surface area contributed by atoms with Gasteiger partial charge in [0.2, 0.25) is 0 Å². The first-order valence-corrected chi connectivity index (χ1v) is 6.04. The Morgan fingerprint density at radius 1 is 1.35 bits per heavy atom. The fraction of sp³-hybridized carbons (Fsp3) is 0.231. The van der Waals surface area contributed by atoms with Crippen molar-refractivity contribution >= 4 is 17.5 Å². The number of pyridine rings is 1. The van der Waals surface area contributed by atoms with Crippen molar-refractivity contribution in [2.24, 2.45) is 7.05 Å². The molecule has 2 aromatic heterocycles. The summed E-state index contributed by atoms with van der Waals surface area (Å²) in [6, 6.07) is 3.33. The molecule has 2 amide bonds. The van der Waals surface area contributed by atoms with E-state index in [0.29, 0.717) is 5.69 Å². The zero-order valence-electron chi connectivity index (χ0n) is 11.3. The van der Waals surface area contributed by atoms with Crippen LogP contribution in [0.5, 0.6) is 0 Å². The number of nitrogens with zero attached hydrogens (tertiary/aromatic N) is 3. The molecule has 20 heavy (non-hydrogen) atoms. The van der Waals surface area contributed by atoms with Crippen molar-refractivity contribution in [2.45, 2.75) is 13.5 Å². The Kier molecular flexibility index (Phi) is 4.09. The van der Waals surface area contributed by atoms with Gasteiger partial charge in [0.15, 0.2) is 0 Å². The number of hydrogen-bond donors (Lipinski definition) is 2. The molecular weight excluding hydrogens is 258 g/mol. The van der Waals surface area contributed by atoms with Gasteiger partial charge in [0.25, 0.3) is 0 Å². The van der Waals surface area contributed by atoms with Crippen LogP contribution in [0.2, 0.25) is 0 Å². The van der Waals surface area contributed by atoms with Crippen molar-refractivity contribution in [3.8, 4) is 0 Å². The molecule has 0 saturated heterocycles. The summed E-state index contributed by atoms with van der Waals surface area (Å²) in [5.74, 6) is -1.42. The molecule has 0 aromatic carbocycles. The molecule has 0 radical (unpaired) electrons. The van der Waals surface area contributed by atoms with Gasteiger partial charge in [0.05, 0.1) is 17.6 Å². The van der Waals surface area contributed by atoms with Crippen molar-refractivity contribution in [1.29, 1.82) is 0 Å². The highest BCUT2D eigenvalue weighted by Gasteiger charge is 2.14. The van der Waals surface area contributed by atoms with E-state index in [1.54, 1.807) is 36.3 Å². The molecule has 0 unspecified atom stereocenters. The second-order valence-corrected chi connectivity index (χ2v) is 4.29. The number of aryl methyl sites for hydroxylation is 2. The molecule has 0 bridgehead atoms. The Hall–Kier alpha value is -2.70. The minimum atomic E-state index is -0.723. The second kappa shape index (κ2) is 5.96. The van der Waals surface area contributed by atoms with Gasteiger partial charge in [-0.05, 0) is 19.1 Å². The van der Waals surface area contributed by atoms with E-state index in [2.05, 4.69) is 20.7 Å². The number of rotatable bonds is 3. The number of hydrogen-bond acceptors (Lipinski definition) is 4. The lowest BCUT2D eigenvalue weighted by Crippen LogP contribution is -2.35. The summed E-state index contributed by atoms with van der Waals surface area (Å²) >= 11 is 0. The van der Waals surface area contributed by atoms with E-state index in [9.17, 15) is 9.59 Å². The zero-order valence-corrected chi connectivity index (χ0v) is 11.3. The van der Waals surface area contributed by atoms with E-state index in [4.69, 9.17) is 0 Å². The van der Waals surface area contributed by atoms with Crippen molar-refractivity contribution < 1.29 is 9.59 Å². The van der Waals surface area contributed by atoms with E-state index in [0.717, 1.165) is 11.3 Å². The number of anilines is 1. The van der Waals surface area contributed by atoms with Crippen LogP contribution in [0, 0.1) is 6.92 Å². The fourth-order valence-corrected chi connectivity index (χ4v) is 1.70. The van der Waals surface area contributed by atoms with Crippen LogP contribution in [0.4, 0.5) is 5.69 Å². The summed E-state index contributed by atoms with van der Waals surface area (Å²) in [6.07, 6.45) is 4.85. The molecule has 7 heteroatoms. The Labute approximate surface area is 116 Å². The number of aromatic nitrogens is 3. The summed E-state index contributed by atoms with van der Waals surface area (Å²) in [5.41, 5.74) is 2.17. The smallest absolute Gasteiger partial charge is 0.313 e. The topological polar surface area (TPSA) is 88.9 Å². The highest BCUT2D eigenvalue weighted by atomic mass is 16.2. The Balaban J connectivity index is 1.89. The van der Waals surface area contributed by atoms with E-state index >= 15 is 0 Å². The zero-order chi connectivity index (χ0) is 14.5. The molecule has 0 fully saturated rings. The lowest BCUT2D eigenvalue weighted by atomic mass is 10.2. The number of amides is 2. The van der Waals surface area contributed by atoms with Gasteiger partial charge in [-0.1, -0.05) is 0 Å². The van der Waals surface area contributed by atoms with Crippen molar-refractivity contribution in [1.82, 2.24) is 20.1 Å². The molecule has 0 aliphatic carbocycles. The molecule has 0 atom stereocenters. The lowest BCUT2D eigenvalue weighted by Gasteiger charge is -2.05. The highest BCUT2D eigenvalue weighted by molar-refractivity contribution is 6.39. The maximum atomic E-state index is 11.7. The molecule has 2 rings (SSSR count). The first-order chi connectivity index (χ1) is 9.56. The van der Waals surface area contributed by atoms with Gasteiger partial charge in [0, 0.05) is 31.5 Å². The van der Waals surface area contributed by atoms with Crippen LogP contribution in [0.3, 0.4) is 0 Å². The molecule has 2 aromatic rings. The first kappa shape index (κ1) is 13.7. The fourth-order valence-electron chi connectivity index (χ4n) is 1.70.